The molecule has 0 spiro atoms. The number of rotatable bonds is 5. The molecule has 2 heterocycles. The topological polar surface area (TPSA) is 92.0 Å². The number of allylic oxidation sites excluding steroid dienone is 1. The fourth-order valence-corrected chi connectivity index (χ4v) is 3.83. The first kappa shape index (κ1) is 21.3. The molecule has 0 unspecified atom stereocenters. The molecular formula is C26H18N4O3S. The summed E-state index contributed by atoms with van der Waals surface area (Å²) in [6.45, 7) is 0. The maximum Gasteiger partial charge on any atom is 0.262 e. The molecule has 0 saturated heterocycles. The van der Waals surface area contributed by atoms with Gasteiger partial charge in [-0.15, -0.1) is 5.10 Å². The number of para-hydroxylation sites is 1. The smallest absolute Gasteiger partial charge is 0.262 e. The number of H-pyrrole nitrogens is 1. The van der Waals surface area contributed by atoms with Crippen molar-refractivity contribution in [1.82, 2.24) is 9.55 Å². The van der Waals surface area contributed by atoms with Gasteiger partial charge in [-0.3, -0.25) is 14.3 Å². The lowest BCUT2D eigenvalue weighted by molar-refractivity contribution is 0.431. The second kappa shape index (κ2) is 9.13. The van der Waals surface area contributed by atoms with E-state index in [0.29, 0.717) is 28.5 Å². The monoisotopic (exact) mass is 466 g/mol. The van der Waals surface area contributed by atoms with Gasteiger partial charge in [0.15, 0.2) is 4.77 Å². The van der Waals surface area contributed by atoms with Gasteiger partial charge in [-0.25, -0.2) is 0 Å². The van der Waals surface area contributed by atoms with E-state index >= 15 is 0 Å². The first-order valence-corrected chi connectivity index (χ1v) is 10.8. The number of aromatic nitrogens is 2. The van der Waals surface area contributed by atoms with Gasteiger partial charge < -0.3 is 9.84 Å². The molecule has 1 aromatic heterocycles. The van der Waals surface area contributed by atoms with Gasteiger partial charge in [-0.1, -0.05) is 48.5 Å². The van der Waals surface area contributed by atoms with E-state index in [2.05, 4.69) is 15.2 Å². The van der Waals surface area contributed by atoms with Crippen LogP contribution in [0.4, 0.5) is 0 Å². The summed E-state index contributed by atoms with van der Waals surface area (Å²) in [6, 6.07) is 25.9. The molecule has 0 amide bonds. The van der Waals surface area contributed by atoms with Gasteiger partial charge in [0, 0.05) is 11.1 Å². The predicted molar refractivity (Wildman–Crippen MR) is 135 cm³/mol. The highest BCUT2D eigenvalue weighted by molar-refractivity contribution is 7.71. The Bertz CT molecular complexity index is 1550. The maximum absolute atomic E-state index is 12.7. The van der Waals surface area contributed by atoms with E-state index in [1.54, 1.807) is 36.6 Å². The first-order valence-electron chi connectivity index (χ1n) is 10.4. The SMILES string of the molecule is O=c1[nH]c(=S)n(-c2ccc(Oc3ccccc3)cc2)c(O)c1C=C1C=NN=C1c1ccccc1. The number of benzene rings is 3. The summed E-state index contributed by atoms with van der Waals surface area (Å²) in [5, 5.41) is 19.2. The third kappa shape index (κ3) is 4.22. The van der Waals surface area contributed by atoms with Gasteiger partial charge >= 0.3 is 0 Å². The van der Waals surface area contributed by atoms with Gasteiger partial charge in [-0.05, 0) is 54.7 Å². The van der Waals surface area contributed by atoms with Crippen LogP contribution in [0.5, 0.6) is 17.4 Å². The van der Waals surface area contributed by atoms with Crippen LogP contribution in [0.2, 0.25) is 0 Å². The van der Waals surface area contributed by atoms with Gasteiger partial charge in [0.1, 0.15) is 22.8 Å². The highest BCUT2D eigenvalue weighted by atomic mass is 32.1. The van der Waals surface area contributed by atoms with E-state index < -0.39 is 5.56 Å². The van der Waals surface area contributed by atoms with E-state index in [9.17, 15) is 9.90 Å². The summed E-state index contributed by atoms with van der Waals surface area (Å²) < 4.78 is 7.28. The first-order chi connectivity index (χ1) is 16.6. The van der Waals surface area contributed by atoms with Gasteiger partial charge in [0.25, 0.3) is 5.56 Å². The van der Waals surface area contributed by atoms with Gasteiger partial charge in [0.05, 0.1) is 11.9 Å². The molecular weight excluding hydrogens is 448 g/mol. The van der Waals surface area contributed by atoms with Crippen LogP contribution >= 0.6 is 12.2 Å². The van der Waals surface area contributed by atoms with Crippen LogP contribution in [-0.4, -0.2) is 26.6 Å². The molecule has 8 heteroatoms. The van der Waals surface area contributed by atoms with E-state index in [4.69, 9.17) is 17.0 Å². The molecule has 34 heavy (non-hydrogen) atoms. The fourth-order valence-electron chi connectivity index (χ4n) is 3.55. The molecule has 5 rings (SSSR count). The summed E-state index contributed by atoms with van der Waals surface area (Å²) in [5.41, 5.74) is 2.16. The molecule has 1 aliphatic rings. The van der Waals surface area contributed by atoms with Crippen molar-refractivity contribution in [2.24, 2.45) is 10.2 Å². The van der Waals surface area contributed by atoms with Gasteiger partial charge in [-0.2, -0.15) is 5.10 Å². The number of aromatic hydroxyl groups is 1. The van der Waals surface area contributed by atoms with Crippen LogP contribution in [0, 0.1) is 4.77 Å². The lowest BCUT2D eigenvalue weighted by Crippen LogP contribution is -2.16. The van der Waals surface area contributed by atoms with Crippen LogP contribution in [0.3, 0.4) is 0 Å². The molecule has 0 aliphatic carbocycles. The Morgan fingerprint density at radius 2 is 1.56 bits per heavy atom. The standard InChI is InChI=1S/C26H18N4O3S/c31-24-22(15-18-16-27-29-23(18)17-7-3-1-4-8-17)25(32)30(26(34)28-24)19-11-13-21(14-12-19)33-20-9-5-2-6-10-20/h1-16,32H,(H,28,31,34). The van der Waals surface area contributed by atoms with Crippen LogP contribution in [0.1, 0.15) is 11.1 Å². The third-order valence-corrected chi connectivity index (χ3v) is 5.45. The van der Waals surface area contributed by atoms with E-state index in [0.717, 1.165) is 5.56 Å². The predicted octanol–water partition coefficient (Wildman–Crippen LogP) is 5.27. The third-order valence-electron chi connectivity index (χ3n) is 5.17. The van der Waals surface area contributed by atoms with E-state index in [1.807, 2.05) is 60.7 Å². The zero-order valence-corrected chi connectivity index (χ0v) is 18.6. The highest BCUT2D eigenvalue weighted by Gasteiger charge is 2.18. The Balaban J connectivity index is 1.52. The summed E-state index contributed by atoms with van der Waals surface area (Å²) in [4.78, 5) is 15.3. The second-order valence-corrected chi connectivity index (χ2v) is 7.79. The lowest BCUT2D eigenvalue weighted by atomic mass is 10.0. The lowest BCUT2D eigenvalue weighted by Gasteiger charge is -2.13. The number of aromatic amines is 1. The van der Waals surface area contributed by atoms with Crippen molar-refractivity contribution in [3.05, 3.63) is 117 Å². The Morgan fingerprint density at radius 3 is 2.26 bits per heavy atom. The zero-order chi connectivity index (χ0) is 23.5. The number of hydrogen-bond donors (Lipinski definition) is 2. The molecule has 3 aromatic carbocycles. The van der Waals surface area contributed by atoms with E-state index in [1.165, 1.54) is 4.57 Å². The molecule has 0 saturated carbocycles. The van der Waals surface area contributed by atoms with Gasteiger partial charge in [0.2, 0.25) is 5.88 Å². The number of ether oxygens (including phenoxy) is 1. The average Bonchev–Trinajstić information content (AvgIpc) is 3.32. The molecule has 7 nitrogen and oxygen atoms in total. The average molecular weight is 467 g/mol. The summed E-state index contributed by atoms with van der Waals surface area (Å²) in [6.07, 6.45) is 3.09. The highest BCUT2D eigenvalue weighted by Crippen LogP contribution is 2.26. The summed E-state index contributed by atoms with van der Waals surface area (Å²) in [7, 11) is 0. The molecule has 166 valence electrons. The Hall–Kier alpha value is -4.56. The van der Waals surface area contributed by atoms with Crippen LogP contribution in [0.15, 0.2) is 105 Å². The number of nitrogens with zero attached hydrogens (tertiary/aromatic N) is 3. The van der Waals surface area contributed by atoms with Crippen LogP contribution in [-0.2, 0) is 0 Å². The number of nitrogens with one attached hydrogen (secondary N) is 1. The largest absolute Gasteiger partial charge is 0.494 e. The molecule has 0 radical (unpaired) electrons. The van der Waals surface area contributed by atoms with Crippen molar-refractivity contribution in [3.8, 4) is 23.1 Å². The molecule has 0 bridgehead atoms. The van der Waals surface area contributed by atoms with E-state index in [-0.39, 0.29) is 16.2 Å². The van der Waals surface area contributed by atoms with Crippen LogP contribution < -0.4 is 10.3 Å². The summed E-state index contributed by atoms with van der Waals surface area (Å²) >= 11 is 5.33. The van der Waals surface area contributed by atoms with Crippen molar-refractivity contribution >= 4 is 30.2 Å². The Morgan fingerprint density at radius 1 is 0.912 bits per heavy atom. The molecule has 1 aliphatic heterocycles. The maximum atomic E-state index is 12.7. The number of hydrogen-bond acceptors (Lipinski definition) is 6. The molecule has 2 N–H and O–H groups in total. The van der Waals surface area contributed by atoms with Crippen molar-refractivity contribution in [2.45, 2.75) is 0 Å². The Kier molecular flexibility index (Phi) is 5.72. The molecule has 0 atom stereocenters. The minimum Gasteiger partial charge on any atom is -0.494 e. The zero-order valence-electron chi connectivity index (χ0n) is 17.8. The summed E-state index contributed by atoms with van der Waals surface area (Å²) in [5.74, 6) is 1.05. The Labute approximate surface area is 199 Å². The van der Waals surface area contributed by atoms with Crippen molar-refractivity contribution < 1.29 is 9.84 Å². The van der Waals surface area contributed by atoms with Crippen molar-refractivity contribution in [1.29, 1.82) is 0 Å². The fraction of sp³-hybridized carbons (Fsp3) is 0. The molecule has 0 fully saturated rings. The minimum absolute atomic E-state index is 0.0465. The minimum atomic E-state index is -0.511. The van der Waals surface area contributed by atoms with Crippen molar-refractivity contribution in [2.75, 3.05) is 0 Å². The second-order valence-electron chi connectivity index (χ2n) is 7.40. The van der Waals surface area contributed by atoms with Crippen LogP contribution in [0.25, 0.3) is 11.8 Å². The van der Waals surface area contributed by atoms with Crippen molar-refractivity contribution in [3.63, 3.8) is 0 Å². The normalized spacial score (nSPS) is 13.8. The molecule has 4 aromatic rings. The quantitative estimate of drug-likeness (QED) is 0.392.